The van der Waals surface area contributed by atoms with Crippen molar-refractivity contribution in [3.63, 3.8) is 0 Å². The summed E-state index contributed by atoms with van der Waals surface area (Å²) in [5, 5.41) is 10.5. The van der Waals surface area contributed by atoms with Crippen LogP contribution in [0.1, 0.15) is 63.0 Å². The Labute approximate surface area is 198 Å². The first-order valence-electron chi connectivity index (χ1n) is 11.7. The molecule has 5 rings (SSSR count). The molecule has 1 fully saturated rings. The van der Waals surface area contributed by atoms with Gasteiger partial charge in [0.2, 0.25) is 5.95 Å². The van der Waals surface area contributed by atoms with Gasteiger partial charge >= 0.3 is 6.43 Å². The van der Waals surface area contributed by atoms with Gasteiger partial charge in [0, 0.05) is 25.5 Å². The van der Waals surface area contributed by atoms with Crippen LogP contribution >= 0.6 is 0 Å². The molecule has 2 aliphatic rings. The molecule has 0 spiro atoms. The van der Waals surface area contributed by atoms with Gasteiger partial charge in [-0.2, -0.15) is 8.78 Å². The number of aromatic nitrogens is 4. The Hall–Kier alpha value is -3.20. The lowest BCUT2D eigenvalue weighted by molar-refractivity contribution is 0.116. The van der Waals surface area contributed by atoms with Gasteiger partial charge in [-0.25, -0.2) is 9.97 Å². The smallest absolute Gasteiger partial charge is 0.314 e. The summed E-state index contributed by atoms with van der Waals surface area (Å²) < 4.78 is 30.3. The van der Waals surface area contributed by atoms with E-state index in [4.69, 9.17) is 4.42 Å². The molecule has 180 valence electrons. The number of likely N-dealkylation sites (N-methyl/N-ethyl adjacent to an activating group) is 1. The molecule has 1 aromatic carbocycles. The number of rotatable bonds is 6. The van der Waals surface area contributed by atoms with E-state index in [2.05, 4.69) is 67.8 Å². The summed E-state index contributed by atoms with van der Waals surface area (Å²) >= 11 is 0. The average Bonchev–Trinajstić information content (AvgIpc) is 3.35. The molecule has 3 aromatic rings. The van der Waals surface area contributed by atoms with Crippen molar-refractivity contribution >= 4 is 11.5 Å². The van der Waals surface area contributed by atoms with Crippen molar-refractivity contribution in [2.75, 3.05) is 25.5 Å². The molecule has 2 aromatic heterocycles. The van der Waals surface area contributed by atoms with Gasteiger partial charge in [-0.05, 0) is 49.4 Å². The van der Waals surface area contributed by atoms with E-state index in [-0.39, 0.29) is 11.4 Å². The predicted octanol–water partition coefficient (Wildman–Crippen LogP) is 5.70. The zero-order chi connectivity index (χ0) is 24.1. The fraction of sp³-hybridized carbons (Fsp3) is 0.440. The molecule has 0 saturated heterocycles. The molecule has 1 saturated carbocycles. The number of alkyl halides is 2. The van der Waals surface area contributed by atoms with E-state index in [0.717, 1.165) is 38.8 Å². The Balaban J connectivity index is 0.00000133. The number of nitrogens with one attached hydrogen (secondary N) is 1. The maximum Gasteiger partial charge on any atom is 0.314 e. The first-order valence-corrected chi connectivity index (χ1v) is 11.7. The topological polar surface area (TPSA) is 80.0 Å². The molecule has 1 aliphatic carbocycles. The van der Waals surface area contributed by atoms with Gasteiger partial charge in [0.25, 0.3) is 11.8 Å². The van der Waals surface area contributed by atoms with Crippen molar-refractivity contribution < 1.29 is 13.2 Å². The van der Waals surface area contributed by atoms with E-state index >= 15 is 0 Å². The summed E-state index contributed by atoms with van der Waals surface area (Å²) in [7, 11) is 2.14. The highest BCUT2D eigenvalue weighted by Gasteiger charge is 2.39. The second-order valence-corrected chi connectivity index (χ2v) is 8.42. The highest BCUT2D eigenvalue weighted by molar-refractivity contribution is 5.67. The SMILES string of the molecule is CC.CN1CC=C(c2ccc(C3(Nc4ncc(-c5nnc(C(F)F)o5)cn4)CCC3)cc2)CC1. The second kappa shape index (κ2) is 10.4. The third-order valence-corrected chi connectivity index (χ3v) is 6.30. The second-order valence-electron chi connectivity index (χ2n) is 8.42. The van der Waals surface area contributed by atoms with Crippen LogP contribution in [0.3, 0.4) is 0 Å². The van der Waals surface area contributed by atoms with Crippen molar-refractivity contribution in [1.82, 2.24) is 25.1 Å². The summed E-state index contributed by atoms with van der Waals surface area (Å²) in [5.41, 5.74) is 4.09. The van der Waals surface area contributed by atoms with Gasteiger partial charge in [0.05, 0.1) is 11.1 Å². The predicted molar refractivity (Wildman–Crippen MR) is 127 cm³/mol. The monoisotopic (exact) mass is 468 g/mol. The van der Waals surface area contributed by atoms with Gasteiger partial charge in [-0.15, -0.1) is 10.2 Å². The van der Waals surface area contributed by atoms with Gasteiger partial charge in [-0.3, -0.25) is 0 Å². The molecule has 1 aliphatic heterocycles. The minimum Gasteiger partial charge on any atom is -0.415 e. The number of benzene rings is 1. The molecule has 7 nitrogen and oxygen atoms in total. The van der Waals surface area contributed by atoms with Crippen molar-refractivity contribution in [3.8, 4) is 11.5 Å². The summed E-state index contributed by atoms with van der Waals surface area (Å²) in [6.45, 7) is 6.07. The van der Waals surface area contributed by atoms with E-state index in [1.807, 2.05) is 13.8 Å². The van der Waals surface area contributed by atoms with Gasteiger partial charge in [0.1, 0.15) is 0 Å². The zero-order valence-corrected chi connectivity index (χ0v) is 19.8. The molecular formula is C25H30F2N6O. The van der Waals surface area contributed by atoms with Crippen LogP contribution in [0.15, 0.2) is 47.2 Å². The van der Waals surface area contributed by atoms with E-state index in [0.29, 0.717) is 11.5 Å². The molecule has 0 unspecified atom stereocenters. The molecule has 0 atom stereocenters. The summed E-state index contributed by atoms with van der Waals surface area (Å²) in [6.07, 6.45) is 6.68. The van der Waals surface area contributed by atoms with Gasteiger partial charge in [-0.1, -0.05) is 44.2 Å². The first kappa shape index (κ1) is 23.9. The summed E-state index contributed by atoms with van der Waals surface area (Å²) in [5.74, 6) is -0.261. The maximum atomic E-state index is 12.7. The Morgan fingerprint density at radius 1 is 1.03 bits per heavy atom. The van der Waals surface area contributed by atoms with E-state index < -0.39 is 12.3 Å². The maximum absolute atomic E-state index is 12.7. The summed E-state index contributed by atoms with van der Waals surface area (Å²) in [6, 6.07) is 8.79. The van der Waals surface area contributed by atoms with Crippen LogP contribution in [-0.2, 0) is 5.54 Å². The molecule has 1 N–H and O–H groups in total. The molecule has 9 heteroatoms. The molecule has 0 amide bonds. The van der Waals surface area contributed by atoms with Crippen LogP contribution in [0.25, 0.3) is 17.0 Å². The minimum absolute atomic E-state index is 0.0241. The Morgan fingerprint density at radius 2 is 1.74 bits per heavy atom. The fourth-order valence-electron chi connectivity index (χ4n) is 4.21. The number of halogens is 2. The highest BCUT2D eigenvalue weighted by atomic mass is 19.3. The standard InChI is InChI=1S/C23H24F2N6O.C2H6/c1-31-11-7-16(8-12-31)15-3-5-18(6-4-15)23(9-2-10-23)28-22-26-13-17(14-27-22)20-29-30-21(32-20)19(24)25;1-2/h3-7,13-14,19H,2,8-12H2,1H3,(H,26,27,28);1-2H3. The van der Waals surface area contributed by atoms with E-state index in [1.165, 1.54) is 29.1 Å². The van der Waals surface area contributed by atoms with Crippen molar-refractivity contribution in [2.45, 2.75) is 51.5 Å². The average molecular weight is 469 g/mol. The van der Waals surface area contributed by atoms with Gasteiger partial charge < -0.3 is 14.6 Å². The van der Waals surface area contributed by atoms with Crippen LogP contribution in [-0.4, -0.2) is 45.2 Å². The number of hydrogen-bond acceptors (Lipinski definition) is 7. The third-order valence-electron chi connectivity index (χ3n) is 6.30. The Morgan fingerprint density at radius 3 is 2.26 bits per heavy atom. The van der Waals surface area contributed by atoms with Crippen LogP contribution in [0.5, 0.6) is 0 Å². The molecule has 0 radical (unpaired) electrons. The fourth-order valence-corrected chi connectivity index (χ4v) is 4.21. The van der Waals surface area contributed by atoms with E-state index in [1.54, 1.807) is 0 Å². The lowest BCUT2D eigenvalue weighted by Gasteiger charge is -2.43. The highest BCUT2D eigenvalue weighted by Crippen LogP contribution is 2.44. The Kier molecular flexibility index (Phi) is 7.31. The third kappa shape index (κ3) is 4.99. The number of hydrogen-bond donors (Lipinski definition) is 1. The lowest BCUT2D eigenvalue weighted by Crippen LogP contribution is -2.42. The number of anilines is 1. The summed E-state index contributed by atoms with van der Waals surface area (Å²) in [4.78, 5) is 11.0. The van der Waals surface area contributed by atoms with Crippen LogP contribution < -0.4 is 5.32 Å². The molecule has 0 bridgehead atoms. The van der Waals surface area contributed by atoms with Crippen molar-refractivity contribution in [1.29, 1.82) is 0 Å². The van der Waals surface area contributed by atoms with Crippen LogP contribution in [0, 0.1) is 0 Å². The van der Waals surface area contributed by atoms with Crippen LogP contribution in [0.4, 0.5) is 14.7 Å². The molecule has 34 heavy (non-hydrogen) atoms. The quantitative estimate of drug-likeness (QED) is 0.497. The number of nitrogens with zero attached hydrogens (tertiary/aromatic N) is 5. The lowest BCUT2D eigenvalue weighted by atomic mass is 9.71. The van der Waals surface area contributed by atoms with Crippen molar-refractivity contribution in [3.05, 3.63) is 59.8 Å². The normalized spacial score (nSPS) is 17.4. The zero-order valence-electron chi connectivity index (χ0n) is 19.8. The Bertz CT molecular complexity index is 1110. The minimum atomic E-state index is -2.81. The first-order chi connectivity index (χ1) is 16.5. The molecular weight excluding hydrogens is 438 g/mol. The molecule has 3 heterocycles. The largest absolute Gasteiger partial charge is 0.415 e. The van der Waals surface area contributed by atoms with E-state index in [9.17, 15) is 8.78 Å². The van der Waals surface area contributed by atoms with Crippen LogP contribution in [0.2, 0.25) is 0 Å². The van der Waals surface area contributed by atoms with Crippen molar-refractivity contribution in [2.24, 2.45) is 0 Å². The van der Waals surface area contributed by atoms with Gasteiger partial charge in [0.15, 0.2) is 0 Å².